The third kappa shape index (κ3) is 6.20. The zero-order valence-electron chi connectivity index (χ0n) is 33.7. The number of hydrogen-bond acceptors (Lipinski definition) is 4. The fourth-order valence-corrected chi connectivity index (χ4v) is 9.18. The van der Waals surface area contributed by atoms with Crippen molar-refractivity contribution >= 4 is 21.9 Å². The Bertz CT molecular complexity index is 3420. The second-order valence-electron chi connectivity index (χ2n) is 15.9. The Morgan fingerprint density at radius 1 is 0.290 bits per heavy atom. The van der Waals surface area contributed by atoms with Crippen molar-refractivity contribution < 1.29 is 4.42 Å². The summed E-state index contributed by atoms with van der Waals surface area (Å²) >= 11 is 0. The molecular formula is C58H37N3O. The maximum atomic E-state index is 6.54. The van der Waals surface area contributed by atoms with Crippen LogP contribution in [0.3, 0.4) is 0 Å². The molecule has 290 valence electrons. The summed E-state index contributed by atoms with van der Waals surface area (Å²) in [6.07, 6.45) is 0.916. The van der Waals surface area contributed by atoms with Crippen LogP contribution >= 0.6 is 0 Å². The second kappa shape index (κ2) is 14.8. The number of aromatic nitrogens is 3. The van der Waals surface area contributed by atoms with Crippen LogP contribution in [-0.4, -0.2) is 15.0 Å². The van der Waals surface area contributed by atoms with Gasteiger partial charge >= 0.3 is 0 Å². The van der Waals surface area contributed by atoms with E-state index in [0.29, 0.717) is 17.5 Å². The lowest BCUT2D eigenvalue weighted by atomic mass is 9.91. The van der Waals surface area contributed by atoms with E-state index >= 15 is 0 Å². The molecule has 9 aromatic carbocycles. The number of fused-ring (bicyclic) bond motifs is 8. The molecule has 2 heterocycles. The van der Waals surface area contributed by atoms with Gasteiger partial charge < -0.3 is 4.42 Å². The van der Waals surface area contributed by atoms with Crippen LogP contribution in [0, 0.1) is 0 Å². The molecule has 0 N–H and O–H groups in total. The van der Waals surface area contributed by atoms with Crippen LogP contribution in [0.25, 0.3) is 112 Å². The average Bonchev–Trinajstić information content (AvgIpc) is 3.66. The van der Waals surface area contributed by atoms with Gasteiger partial charge in [-0.05, 0) is 97.4 Å². The van der Waals surface area contributed by atoms with Gasteiger partial charge in [0.1, 0.15) is 11.2 Å². The third-order valence-electron chi connectivity index (χ3n) is 12.2. The van der Waals surface area contributed by atoms with E-state index in [1.165, 1.54) is 44.5 Å². The predicted octanol–water partition coefficient (Wildman–Crippen LogP) is 15.0. The molecule has 0 amide bonds. The Kier molecular flexibility index (Phi) is 8.53. The van der Waals surface area contributed by atoms with Crippen LogP contribution in [0.2, 0.25) is 0 Å². The normalized spacial score (nSPS) is 11.8. The zero-order chi connectivity index (χ0) is 41.0. The van der Waals surface area contributed by atoms with Gasteiger partial charge in [0.15, 0.2) is 17.5 Å². The SMILES string of the molecule is c1ccc(-c2nc(-c3ccccc3)nc(-c3ccccc3-c3cccc4oc5ccc(-c6ccc(-c7ccc8c(c7)-c7ccccc7-c7ccccc7C8)cc6)cc5c34)n2)cc1. The summed E-state index contributed by atoms with van der Waals surface area (Å²) in [5.41, 5.74) is 19.1. The average molecular weight is 792 g/mol. The lowest BCUT2D eigenvalue weighted by Crippen LogP contribution is -2.01. The molecule has 0 bridgehead atoms. The maximum Gasteiger partial charge on any atom is 0.164 e. The van der Waals surface area contributed by atoms with Crippen LogP contribution < -0.4 is 0 Å². The molecule has 0 spiro atoms. The summed E-state index contributed by atoms with van der Waals surface area (Å²) in [5, 5.41) is 2.12. The molecule has 2 aromatic heterocycles. The molecule has 0 aliphatic heterocycles. The fourth-order valence-electron chi connectivity index (χ4n) is 9.18. The molecule has 4 nitrogen and oxygen atoms in total. The van der Waals surface area contributed by atoms with Crippen LogP contribution in [0.5, 0.6) is 0 Å². The first kappa shape index (κ1) is 35.7. The van der Waals surface area contributed by atoms with Crippen molar-refractivity contribution in [1.82, 2.24) is 15.0 Å². The first-order chi connectivity index (χ1) is 30.7. The number of nitrogens with zero attached hydrogens (tertiary/aromatic N) is 3. The van der Waals surface area contributed by atoms with Crippen molar-refractivity contribution in [2.45, 2.75) is 6.42 Å². The van der Waals surface area contributed by atoms with Gasteiger partial charge in [-0.1, -0.05) is 188 Å². The minimum atomic E-state index is 0.614. The fraction of sp³-hybridized carbons (Fsp3) is 0.0172. The first-order valence-corrected chi connectivity index (χ1v) is 21.1. The van der Waals surface area contributed by atoms with Gasteiger partial charge in [-0.3, -0.25) is 0 Å². The molecule has 0 fully saturated rings. The number of hydrogen-bond donors (Lipinski definition) is 0. The molecule has 1 aliphatic rings. The van der Waals surface area contributed by atoms with Gasteiger partial charge in [0, 0.05) is 27.5 Å². The van der Waals surface area contributed by atoms with Crippen molar-refractivity contribution in [1.29, 1.82) is 0 Å². The highest BCUT2D eigenvalue weighted by molar-refractivity contribution is 6.14. The predicted molar refractivity (Wildman–Crippen MR) is 253 cm³/mol. The van der Waals surface area contributed by atoms with Crippen LogP contribution in [-0.2, 0) is 6.42 Å². The van der Waals surface area contributed by atoms with Gasteiger partial charge in [-0.25, -0.2) is 15.0 Å². The zero-order valence-corrected chi connectivity index (χ0v) is 33.7. The molecule has 0 saturated carbocycles. The van der Waals surface area contributed by atoms with Gasteiger partial charge in [0.25, 0.3) is 0 Å². The molecule has 0 saturated heterocycles. The van der Waals surface area contributed by atoms with Crippen molar-refractivity contribution in [3.8, 4) is 89.8 Å². The van der Waals surface area contributed by atoms with E-state index in [2.05, 4.69) is 146 Å². The summed E-state index contributed by atoms with van der Waals surface area (Å²) in [4.78, 5) is 15.1. The molecule has 12 rings (SSSR count). The molecule has 11 aromatic rings. The Morgan fingerprint density at radius 3 is 1.45 bits per heavy atom. The standard InChI is InChI=1S/C58H37N3O/c1-3-14-39(15-4-1)56-59-57(40-16-5-2-6-17-40)61-58(60-56)50-23-12-11-22-48(50)49-24-13-25-54-55(49)52-36-42(32-33-53(52)62-54)38-28-26-37(27-29-38)41-30-31-44-34-43-18-7-8-19-45(43)46-20-9-10-21-47(46)51(44)35-41/h1-33,35-36H,34H2. The van der Waals surface area contributed by atoms with Crippen molar-refractivity contribution in [2.75, 3.05) is 0 Å². The summed E-state index contributed by atoms with van der Waals surface area (Å²) in [6.45, 7) is 0. The summed E-state index contributed by atoms with van der Waals surface area (Å²) in [6, 6.07) is 74.9. The Hall–Kier alpha value is -8.21. The Morgan fingerprint density at radius 2 is 0.774 bits per heavy atom. The summed E-state index contributed by atoms with van der Waals surface area (Å²) in [7, 11) is 0. The lowest BCUT2D eigenvalue weighted by Gasteiger charge is -2.13. The third-order valence-corrected chi connectivity index (χ3v) is 12.2. The highest BCUT2D eigenvalue weighted by Crippen LogP contribution is 2.44. The quantitative estimate of drug-likeness (QED) is 0.168. The minimum Gasteiger partial charge on any atom is -0.456 e. The minimum absolute atomic E-state index is 0.614. The number of furan rings is 1. The Labute approximate surface area is 359 Å². The van der Waals surface area contributed by atoms with Crippen molar-refractivity contribution in [3.05, 3.63) is 223 Å². The first-order valence-electron chi connectivity index (χ1n) is 21.1. The molecular weight excluding hydrogens is 755 g/mol. The molecule has 0 unspecified atom stereocenters. The molecule has 0 atom stereocenters. The highest BCUT2D eigenvalue weighted by atomic mass is 16.3. The molecule has 62 heavy (non-hydrogen) atoms. The van der Waals surface area contributed by atoms with E-state index in [4.69, 9.17) is 19.4 Å². The van der Waals surface area contributed by atoms with Gasteiger partial charge in [0.2, 0.25) is 0 Å². The van der Waals surface area contributed by atoms with E-state index in [1.54, 1.807) is 0 Å². The van der Waals surface area contributed by atoms with Gasteiger partial charge in [-0.15, -0.1) is 0 Å². The molecule has 1 aliphatic carbocycles. The Balaban J connectivity index is 0.931. The van der Waals surface area contributed by atoms with Crippen LogP contribution in [0.1, 0.15) is 11.1 Å². The monoisotopic (exact) mass is 791 g/mol. The number of benzene rings is 9. The topological polar surface area (TPSA) is 51.8 Å². The van der Waals surface area contributed by atoms with E-state index in [9.17, 15) is 0 Å². The highest BCUT2D eigenvalue weighted by Gasteiger charge is 2.21. The summed E-state index contributed by atoms with van der Waals surface area (Å²) in [5.74, 6) is 1.87. The van der Waals surface area contributed by atoms with Crippen molar-refractivity contribution in [3.63, 3.8) is 0 Å². The number of rotatable bonds is 6. The smallest absolute Gasteiger partial charge is 0.164 e. The molecule has 0 radical (unpaired) electrons. The van der Waals surface area contributed by atoms with Crippen LogP contribution in [0.15, 0.2) is 217 Å². The van der Waals surface area contributed by atoms with Crippen molar-refractivity contribution in [2.24, 2.45) is 0 Å². The van der Waals surface area contributed by atoms with Crippen LogP contribution in [0.4, 0.5) is 0 Å². The van der Waals surface area contributed by atoms with E-state index in [0.717, 1.165) is 67.3 Å². The lowest BCUT2D eigenvalue weighted by molar-refractivity contribution is 0.669. The summed E-state index contributed by atoms with van der Waals surface area (Å²) < 4.78 is 6.54. The molecule has 4 heteroatoms. The maximum absolute atomic E-state index is 6.54. The second-order valence-corrected chi connectivity index (χ2v) is 15.9. The van der Waals surface area contributed by atoms with E-state index < -0.39 is 0 Å². The largest absolute Gasteiger partial charge is 0.456 e. The van der Waals surface area contributed by atoms with E-state index in [1.807, 2.05) is 66.7 Å². The van der Waals surface area contributed by atoms with E-state index in [-0.39, 0.29) is 0 Å². The van der Waals surface area contributed by atoms with Gasteiger partial charge in [0.05, 0.1) is 0 Å². The van der Waals surface area contributed by atoms with Gasteiger partial charge in [-0.2, -0.15) is 0 Å².